The molecule has 0 saturated carbocycles. The summed E-state index contributed by atoms with van der Waals surface area (Å²) in [7, 11) is 0. The molecule has 0 spiro atoms. The largest absolute Gasteiger partial charge is 0.462 e. The highest BCUT2D eigenvalue weighted by Gasteiger charge is 2.19. The molecule has 0 saturated heterocycles. The normalized spacial score (nSPS) is 11.9. The third-order valence-corrected chi connectivity index (χ3v) is 12.3. The van der Waals surface area contributed by atoms with E-state index in [1.807, 2.05) is 0 Å². The summed E-state index contributed by atoms with van der Waals surface area (Å²) in [5, 5.41) is 0. The quantitative estimate of drug-likeness (QED) is 0.0345. The van der Waals surface area contributed by atoms with Crippen LogP contribution in [0.2, 0.25) is 0 Å². The molecule has 0 heterocycles. The van der Waals surface area contributed by atoms with Crippen LogP contribution >= 0.6 is 0 Å². The molecule has 356 valence electrons. The van der Waals surface area contributed by atoms with E-state index >= 15 is 0 Å². The standard InChI is InChI=1S/C54H104O6/c1-5-7-9-11-13-14-15-16-17-21-24-27-30-34-37-41-45-52(55)58-48-51(60-54(57)47-43-39-32-12-10-8-6-2)49-59-53(56)46-42-38-35-31-28-25-22-19-18-20-23-26-29-33-36-40-44-50(3)4/h50-51H,5-49H2,1-4H3/t51-/m0/s1. The van der Waals surface area contributed by atoms with Crippen molar-refractivity contribution in [1.29, 1.82) is 0 Å². The predicted octanol–water partition coefficient (Wildman–Crippen LogP) is 17.5. The Bertz CT molecular complexity index is 903. The van der Waals surface area contributed by atoms with Crippen LogP contribution in [0.3, 0.4) is 0 Å². The first-order valence-electron chi connectivity index (χ1n) is 26.9. The van der Waals surface area contributed by atoms with Gasteiger partial charge >= 0.3 is 17.9 Å². The van der Waals surface area contributed by atoms with E-state index in [1.165, 1.54) is 199 Å². The summed E-state index contributed by atoms with van der Waals surface area (Å²) in [4.78, 5) is 37.8. The number of carbonyl (C=O) groups is 3. The van der Waals surface area contributed by atoms with Crippen molar-refractivity contribution in [2.24, 2.45) is 5.92 Å². The lowest BCUT2D eigenvalue weighted by atomic mass is 10.0. The molecule has 0 rings (SSSR count). The van der Waals surface area contributed by atoms with Crippen LogP contribution in [0.1, 0.15) is 304 Å². The molecule has 0 aliphatic carbocycles. The molecule has 6 nitrogen and oxygen atoms in total. The van der Waals surface area contributed by atoms with E-state index in [4.69, 9.17) is 14.2 Å². The third kappa shape index (κ3) is 47.5. The van der Waals surface area contributed by atoms with Crippen LogP contribution in [0.5, 0.6) is 0 Å². The Balaban J connectivity index is 4.12. The molecule has 0 N–H and O–H groups in total. The van der Waals surface area contributed by atoms with Crippen LogP contribution in [-0.4, -0.2) is 37.2 Å². The molecule has 0 unspecified atom stereocenters. The smallest absolute Gasteiger partial charge is 0.306 e. The lowest BCUT2D eigenvalue weighted by molar-refractivity contribution is -0.167. The van der Waals surface area contributed by atoms with Crippen molar-refractivity contribution in [2.45, 2.75) is 310 Å². The average molecular weight is 849 g/mol. The van der Waals surface area contributed by atoms with Gasteiger partial charge in [-0.05, 0) is 25.2 Å². The van der Waals surface area contributed by atoms with Gasteiger partial charge in [-0.2, -0.15) is 0 Å². The second kappa shape index (κ2) is 48.4. The Morgan fingerprint density at radius 1 is 0.317 bits per heavy atom. The van der Waals surface area contributed by atoms with E-state index in [-0.39, 0.29) is 31.1 Å². The molecule has 0 radical (unpaired) electrons. The Labute approximate surface area is 374 Å². The maximum absolute atomic E-state index is 12.7. The first-order chi connectivity index (χ1) is 29.4. The molecule has 6 heteroatoms. The molecule has 60 heavy (non-hydrogen) atoms. The minimum absolute atomic E-state index is 0.0631. The van der Waals surface area contributed by atoms with E-state index in [0.29, 0.717) is 19.3 Å². The van der Waals surface area contributed by atoms with Gasteiger partial charge in [0.1, 0.15) is 13.2 Å². The average Bonchev–Trinajstić information content (AvgIpc) is 3.23. The molecule has 0 aliphatic rings. The van der Waals surface area contributed by atoms with Crippen LogP contribution < -0.4 is 0 Å². The fourth-order valence-corrected chi connectivity index (χ4v) is 8.22. The number of hydrogen-bond donors (Lipinski definition) is 0. The zero-order chi connectivity index (χ0) is 43.8. The van der Waals surface area contributed by atoms with Crippen LogP contribution in [0.15, 0.2) is 0 Å². The van der Waals surface area contributed by atoms with E-state index in [0.717, 1.165) is 63.7 Å². The summed E-state index contributed by atoms with van der Waals surface area (Å²) in [6, 6.07) is 0. The summed E-state index contributed by atoms with van der Waals surface area (Å²) >= 11 is 0. The van der Waals surface area contributed by atoms with Gasteiger partial charge in [0, 0.05) is 19.3 Å². The van der Waals surface area contributed by atoms with E-state index in [9.17, 15) is 14.4 Å². The SMILES string of the molecule is CCCCCCCCCCCCCCCCCCC(=O)OC[C@@H](COC(=O)CCCCCCCCCCCCCCCCCCC(C)C)OC(=O)CCCCCCCCC. The van der Waals surface area contributed by atoms with Gasteiger partial charge in [-0.3, -0.25) is 14.4 Å². The molecule has 0 aromatic heterocycles. The number of unbranched alkanes of at least 4 members (excludes halogenated alkanes) is 36. The Morgan fingerprint density at radius 3 is 0.817 bits per heavy atom. The van der Waals surface area contributed by atoms with Crippen molar-refractivity contribution < 1.29 is 28.6 Å². The summed E-state index contributed by atoms with van der Waals surface area (Å²) in [6.45, 7) is 9.01. The fraction of sp³-hybridized carbons (Fsp3) is 0.944. The maximum atomic E-state index is 12.7. The monoisotopic (exact) mass is 849 g/mol. The molecule has 0 aromatic carbocycles. The van der Waals surface area contributed by atoms with Gasteiger partial charge in [0.05, 0.1) is 0 Å². The lowest BCUT2D eigenvalue weighted by Crippen LogP contribution is -2.30. The van der Waals surface area contributed by atoms with Gasteiger partial charge in [0.25, 0.3) is 0 Å². The minimum Gasteiger partial charge on any atom is -0.462 e. The van der Waals surface area contributed by atoms with Gasteiger partial charge in [-0.15, -0.1) is 0 Å². The van der Waals surface area contributed by atoms with Crippen molar-refractivity contribution in [3.8, 4) is 0 Å². The summed E-state index contributed by atoms with van der Waals surface area (Å²) in [6.07, 6.45) is 51.1. The van der Waals surface area contributed by atoms with Gasteiger partial charge in [-0.1, -0.05) is 265 Å². The van der Waals surface area contributed by atoms with Gasteiger partial charge in [-0.25, -0.2) is 0 Å². The number of hydrogen-bond acceptors (Lipinski definition) is 6. The fourth-order valence-electron chi connectivity index (χ4n) is 8.22. The first kappa shape index (κ1) is 58.4. The number of rotatable bonds is 49. The van der Waals surface area contributed by atoms with E-state index in [2.05, 4.69) is 27.7 Å². The third-order valence-electron chi connectivity index (χ3n) is 12.3. The molecule has 0 aliphatic heterocycles. The molecule has 0 aromatic rings. The van der Waals surface area contributed by atoms with Gasteiger partial charge in [0.15, 0.2) is 6.10 Å². The molecular weight excluding hydrogens is 745 g/mol. The van der Waals surface area contributed by atoms with Crippen molar-refractivity contribution in [3.05, 3.63) is 0 Å². The lowest BCUT2D eigenvalue weighted by Gasteiger charge is -2.18. The molecule has 0 amide bonds. The minimum atomic E-state index is -0.759. The summed E-state index contributed by atoms with van der Waals surface area (Å²) < 4.78 is 16.8. The van der Waals surface area contributed by atoms with Gasteiger partial charge in [0.2, 0.25) is 0 Å². The van der Waals surface area contributed by atoms with Crippen LogP contribution in [0.4, 0.5) is 0 Å². The van der Waals surface area contributed by atoms with Crippen molar-refractivity contribution >= 4 is 17.9 Å². The Kier molecular flexibility index (Phi) is 47.2. The maximum Gasteiger partial charge on any atom is 0.306 e. The highest BCUT2D eigenvalue weighted by atomic mass is 16.6. The predicted molar refractivity (Wildman–Crippen MR) is 257 cm³/mol. The number of esters is 3. The molecular formula is C54H104O6. The topological polar surface area (TPSA) is 78.9 Å². The summed E-state index contributed by atoms with van der Waals surface area (Å²) in [5.41, 5.74) is 0. The highest BCUT2D eigenvalue weighted by molar-refractivity contribution is 5.71. The van der Waals surface area contributed by atoms with Gasteiger partial charge < -0.3 is 14.2 Å². The van der Waals surface area contributed by atoms with Crippen molar-refractivity contribution in [1.82, 2.24) is 0 Å². The molecule has 0 bridgehead atoms. The van der Waals surface area contributed by atoms with Crippen molar-refractivity contribution in [2.75, 3.05) is 13.2 Å². The number of carbonyl (C=O) groups excluding carboxylic acids is 3. The first-order valence-corrected chi connectivity index (χ1v) is 26.9. The Morgan fingerprint density at radius 2 is 0.550 bits per heavy atom. The van der Waals surface area contributed by atoms with Crippen LogP contribution in [-0.2, 0) is 28.6 Å². The second-order valence-corrected chi connectivity index (χ2v) is 19.0. The highest BCUT2D eigenvalue weighted by Crippen LogP contribution is 2.17. The van der Waals surface area contributed by atoms with Crippen molar-refractivity contribution in [3.63, 3.8) is 0 Å². The molecule has 1 atom stereocenters. The summed E-state index contributed by atoms with van der Waals surface area (Å²) in [5.74, 6) is 0.00419. The van der Waals surface area contributed by atoms with Crippen LogP contribution in [0, 0.1) is 5.92 Å². The second-order valence-electron chi connectivity index (χ2n) is 19.0. The molecule has 0 fully saturated rings. The van der Waals surface area contributed by atoms with Crippen LogP contribution in [0.25, 0.3) is 0 Å². The zero-order valence-electron chi connectivity index (χ0n) is 40.9. The van der Waals surface area contributed by atoms with E-state index in [1.54, 1.807) is 0 Å². The van der Waals surface area contributed by atoms with E-state index < -0.39 is 6.10 Å². The zero-order valence-corrected chi connectivity index (χ0v) is 40.9. The number of ether oxygens (including phenoxy) is 3. The Hall–Kier alpha value is -1.59.